The minimum absolute atomic E-state index is 0.126. The Kier molecular flexibility index (Phi) is 5.21. The molecule has 0 spiro atoms. The predicted octanol–water partition coefficient (Wildman–Crippen LogP) is 2.54. The van der Waals surface area contributed by atoms with E-state index >= 15 is 0 Å². The Hall–Kier alpha value is -1.71. The first-order chi connectivity index (χ1) is 8.81. The molecule has 0 radical (unpaired) electrons. The van der Waals surface area contributed by atoms with Crippen LogP contribution in [0.1, 0.15) is 12.0 Å². The first-order valence-electron chi connectivity index (χ1n) is 5.17. The van der Waals surface area contributed by atoms with Crippen LogP contribution in [0.25, 0.3) is 0 Å². The van der Waals surface area contributed by atoms with Gasteiger partial charge in [-0.2, -0.15) is 13.2 Å². The van der Waals surface area contributed by atoms with E-state index < -0.39 is 18.5 Å². The lowest BCUT2D eigenvalue weighted by molar-refractivity contribution is -0.150. The molecule has 19 heavy (non-hydrogen) atoms. The van der Waals surface area contributed by atoms with Crippen molar-refractivity contribution in [2.24, 2.45) is 5.73 Å². The lowest BCUT2D eigenvalue weighted by atomic mass is 10.2. The van der Waals surface area contributed by atoms with Gasteiger partial charge in [0, 0.05) is 11.3 Å². The van der Waals surface area contributed by atoms with Crippen molar-refractivity contribution in [3.8, 4) is 11.8 Å². The zero-order valence-corrected chi connectivity index (χ0v) is 10.4. The highest BCUT2D eigenvalue weighted by Crippen LogP contribution is 2.22. The van der Waals surface area contributed by atoms with Crippen molar-refractivity contribution >= 4 is 23.2 Å². The minimum Gasteiger partial charge on any atom is -0.326 e. The van der Waals surface area contributed by atoms with E-state index in [1.807, 2.05) is 0 Å². The number of hydrogen-bond acceptors (Lipinski definition) is 2. The molecule has 0 atom stereocenters. The highest BCUT2D eigenvalue weighted by Gasteiger charge is 2.31. The van der Waals surface area contributed by atoms with Crippen molar-refractivity contribution in [2.45, 2.75) is 12.6 Å². The number of rotatable bonds is 2. The Balaban J connectivity index is 2.83. The number of nitrogens with two attached hydrogens (primary N) is 1. The zero-order chi connectivity index (χ0) is 14.5. The molecule has 1 aromatic rings. The summed E-state index contributed by atoms with van der Waals surface area (Å²) in [6.07, 6.45) is -6.09. The van der Waals surface area contributed by atoms with Crippen LogP contribution >= 0.6 is 11.6 Å². The third kappa shape index (κ3) is 5.64. The first-order valence-corrected chi connectivity index (χ1v) is 5.54. The van der Waals surface area contributed by atoms with Gasteiger partial charge in [0.05, 0.1) is 11.6 Å². The van der Waals surface area contributed by atoms with E-state index in [2.05, 4.69) is 17.2 Å². The topological polar surface area (TPSA) is 55.1 Å². The quantitative estimate of drug-likeness (QED) is 0.823. The fourth-order valence-corrected chi connectivity index (χ4v) is 1.40. The van der Waals surface area contributed by atoms with Crippen LogP contribution in [0.3, 0.4) is 0 Å². The number of anilines is 1. The molecule has 0 unspecified atom stereocenters. The van der Waals surface area contributed by atoms with E-state index in [9.17, 15) is 18.0 Å². The van der Waals surface area contributed by atoms with Crippen LogP contribution in [-0.2, 0) is 4.79 Å². The van der Waals surface area contributed by atoms with E-state index in [4.69, 9.17) is 17.3 Å². The van der Waals surface area contributed by atoms with Crippen LogP contribution in [0.5, 0.6) is 0 Å². The van der Waals surface area contributed by atoms with Crippen molar-refractivity contribution in [3.05, 3.63) is 28.8 Å². The van der Waals surface area contributed by atoms with Crippen LogP contribution in [0.4, 0.5) is 18.9 Å². The van der Waals surface area contributed by atoms with Crippen LogP contribution in [0, 0.1) is 11.8 Å². The molecule has 1 aromatic carbocycles. The van der Waals surface area contributed by atoms with Gasteiger partial charge in [-0.1, -0.05) is 23.4 Å². The summed E-state index contributed by atoms with van der Waals surface area (Å²) in [5.41, 5.74) is 5.78. The summed E-state index contributed by atoms with van der Waals surface area (Å²) in [6.45, 7) is 0.126. The Bertz CT molecular complexity index is 532. The summed E-state index contributed by atoms with van der Waals surface area (Å²) in [4.78, 5) is 11.1. The highest BCUT2D eigenvalue weighted by molar-refractivity contribution is 6.31. The number of halogens is 4. The third-order valence-electron chi connectivity index (χ3n) is 1.94. The summed E-state index contributed by atoms with van der Waals surface area (Å²) in [5, 5.41) is 2.45. The fourth-order valence-electron chi connectivity index (χ4n) is 1.23. The normalized spacial score (nSPS) is 10.6. The third-order valence-corrected chi connectivity index (χ3v) is 2.27. The van der Waals surface area contributed by atoms with Crippen molar-refractivity contribution in [1.82, 2.24) is 0 Å². The molecule has 0 heterocycles. The Morgan fingerprint density at radius 3 is 2.68 bits per heavy atom. The van der Waals surface area contributed by atoms with Crippen molar-refractivity contribution in [1.29, 1.82) is 0 Å². The summed E-state index contributed by atoms with van der Waals surface area (Å²) in [6, 6.07) is 4.22. The number of nitrogens with one attached hydrogen (secondary N) is 1. The molecule has 3 N–H and O–H groups in total. The van der Waals surface area contributed by atoms with Gasteiger partial charge in [0.25, 0.3) is 0 Å². The van der Waals surface area contributed by atoms with Gasteiger partial charge in [-0.05, 0) is 18.2 Å². The van der Waals surface area contributed by atoms with Crippen molar-refractivity contribution in [3.63, 3.8) is 0 Å². The lowest BCUT2D eigenvalue weighted by Crippen LogP contribution is -2.21. The number of alkyl halides is 3. The van der Waals surface area contributed by atoms with E-state index in [0.717, 1.165) is 0 Å². The van der Waals surface area contributed by atoms with Gasteiger partial charge in [0.15, 0.2) is 0 Å². The van der Waals surface area contributed by atoms with Crippen molar-refractivity contribution in [2.75, 3.05) is 11.9 Å². The van der Waals surface area contributed by atoms with Gasteiger partial charge in [0.1, 0.15) is 6.42 Å². The number of carbonyl (C=O) groups is 1. The number of benzene rings is 1. The fraction of sp³-hybridized carbons (Fsp3) is 0.250. The standard InChI is InChI=1S/C12H10ClF3N2O/c13-10-4-3-9(6-8(10)2-1-5-17)18-11(19)7-12(14,15)16/h3-4,6H,5,7,17H2,(H,18,19). The molecule has 7 heteroatoms. The second kappa shape index (κ2) is 6.45. The smallest absolute Gasteiger partial charge is 0.326 e. The van der Waals surface area contributed by atoms with E-state index in [1.165, 1.54) is 18.2 Å². The molecule has 0 fully saturated rings. The summed E-state index contributed by atoms with van der Waals surface area (Å²) in [7, 11) is 0. The van der Waals surface area contributed by atoms with Gasteiger partial charge >= 0.3 is 6.18 Å². The molecule has 0 bridgehead atoms. The number of amides is 1. The number of carbonyl (C=O) groups excluding carboxylic acids is 1. The van der Waals surface area contributed by atoms with E-state index in [1.54, 1.807) is 0 Å². The van der Waals surface area contributed by atoms with Gasteiger partial charge in [-0.15, -0.1) is 0 Å². The van der Waals surface area contributed by atoms with E-state index in [-0.39, 0.29) is 12.2 Å². The monoisotopic (exact) mass is 290 g/mol. The highest BCUT2D eigenvalue weighted by atomic mass is 35.5. The van der Waals surface area contributed by atoms with Gasteiger partial charge in [0.2, 0.25) is 5.91 Å². The molecule has 0 aromatic heterocycles. The van der Waals surface area contributed by atoms with E-state index in [0.29, 0.717) is 10.6 Å². The average molecular weight is 291 g/mol. The number of hydrogen-bond donors (Lipinski definition) is 2. The van der Waals surface area contributed by atoms with Crippen LogP contribution < -0.4 is 11.1 Å². The maximum atomic E-state index is 12.0. The van der Waals surface area contributed by atoms with Gasteiger partial charge in [-0.25, -0.2) is 0 Å². The zero-order valence-electron chi connectivity index (χ0n) is 9.64. The van der Waals surface area contributed by atoms with Crippen molar-refractivity contribution < 1.29 is 18.0 Å². The second-order valence-electron chi connectivity index (χ2n) is 3.54. The molecular formula is C12H10ClF3N2O. The molecule has 3 nitrogen and oxygen atoms in total. The molecule has 0 aliphatic carbocycles. The Morgan fingerprint density at radius 1 is 1.42 bits per heavy atom. The Morgan fingerprint density at radius 2 is 2.11 bits per heavy atom. The molecule has 102 valence electrons. The van der Waals surface area contributed by atoms with Crippen LogP contribution in [0.2, 0.25) is 5.02 Å². The SMILES string of the molecule is NCC#Cc1cc(NC(=O)CC(F)(F)F)ccc1Cl. The lowest BCUT2D eigenvalue weighted by Gasteiger charge is -2.08. The molecular weight excluding hydrogens is 281 g/mol. The van der Waals surface area contributed by atoms with Crippen LogP contribution in [0.15, 0.2) is 18.2 Å². The summed E-state index contributed by atoms with van der Waals surface area (Å²) in [5.74, 6) is 4.07. The summed E-state index contributed by atoms with van der Waals surface area (Å²) < 4.78 is 36.0. The average Bonchev–Trinajstić information content (AvgIpc) is 2.27. The maximum absolute atomic E-state index is 12.0. The molecule has 0 aliphatic rings. The molecule has 0 saturated carbocycles. The second-order valence-corrected chi connectivity index (χ2v) is 3.95. The first kappa shape index (κ1) is 15.3. The molecule has 0 saturated heterocycles. The van der Waals surface area contributed by atoms with Crippen LogP contribution in [-0.4, -0.2) is 18.6 Å². The largest absolute Gasteiger partial charge is 0.397 e. The Labute approximate surface area is 112 Å². The summed E-state index contributed by atoms with van der Waals surface area (Å²) >= 11 is 5.84. The maximum Gasteiger partial charge on any atom is 0.397 e. The van der Waals surface area contributed by atoms with Gasteiger partial charge < -0.3 is 11.1 Å². The predicted molar refractivity (Wildman–Crippen MR) is 66.7 cm³/mol. The van der Waals surface area contributed by atoms with Gasteiger partial charge in [-0.3, -0.25) is 4.79 Å². The molecule has 0 aliphatic heterocycles. The molecule has 1 rings (SSSR count). The minimum atomic E-state index is -4.54. The molecule has 1 amide bonds.